The van der Waals surface area contributed by atoms with E-state index in [0.717, 1.165) is 17.1 Å². The zero-order chi connectivity index (χ0) is 15.4. The van der Waals surface area contributed by atoms with Crippen LogP contribution in [0.2, 0.25) is 0 Å². The number of benzene rings is 1. The molecule has 0 fully saturated rings. The lowest BCUT2D eigenvalue weighted by Crippen LogP contribution is -2.04. The maximum absolute atomic E-state index is 11.0. The molecule has 1 N–H and O–H groups in total. The number of hydrogen-bond donors (Lipinski definition) is 1. The second-order valence-electron chi connectivity index (χ2n) is 4.47. The summed E-state index contributed by atoms with van der Waals surface area (Å²) in [4.78, 5) is 11.0. The highest BCUT2D eigenvalue weighted by molar-refractivity contribution is 5.71. The normalized spacial score (nSPS) is 10.4. The molecule has 0 aliphatic heterocycles. The minimum Gasteiger partial charge on any atom is -0.497 e. The number of carboxylic acids is 1. The number of aliphatic carboxylic acids is 1. The van der Waals surface area contributed by atoms with Crippen molar-refractivity contribution in [3.05, 3.63) is 35.5 Å². The Hall–Kier alpha value is -2.50. The van der Waals surface area contributed by atoms with Gasteiger partial charge in [0.2, 0.25) is 5.88 Å². The third-order valence-corrected chi connectivity index (χ3v) is 3.19. The van der Waals surface area contributed by atoms with E-state index in [9.17, 15) is 4.79 Å². The maximum atomic E-state index is 11.0. The lowest BCUT2D eigenvalue weighted by atomic mass is 10.1. The Kier molecular flexibility index (Phi) is 4.47. The third kappa shape index (κ3) is 2.99. The summed E-state index contributed by atoms with van der Waals surface area (Å²) >= 11 is 0. The van der Waals surface area contributed by atoms with Gasteiger partial charge >= 0.3 is 5.97 Å². The fourth-order valence-corrected chi connectivity index (χ4v) is 2.20. The number of rotatable bonds is 6. The topological polar surface area (TPSA) is 73.6 Å². The van der Waals surface area contributed by atoms with Gasteiger partial charge in [-0.2, -0.15) is 5.10 Å². The summed E-state index contributed by atoms with van der Waals surface area (Å²) < 4.78 is 12.1. The molecule has 1 aromatic carbocycles. The average Bonchev–Trinajstić information content (AvgIpc) is 2.84. The Bertz CT molecular complexity index is 632. The van der Waals surface area contributed by atoms with Crippen molar-refractivity contribution in [2.45, 2.75) is 19.8 Å². The molecular weight excluding hydrogens is 272 g/mol. The van der Waals surface area contributed by atoms with Gasteiger partial charge in [-0.25, -0.2) is 4.68 Å². The summed E-state index contributed by atoms with van der Waals surface area (Å²) in [7, 11) is 3.12. The van der Waals surface area contributed by atoms with E-state index in [4.69, 9.17) is 14.6 Å². The summed E-state index contributed by atoms with van der Waals surface area (Å²) in [5.74, 6) is 0.294. The summed E-state index contributed by atoms with van der Waals surface area (Å²) in [6.07, 6.45) is 0.532. The van der Waals surface area contributed by atoms with Crippen LogP contribution in [-0.2, 0) is 17.6 Å². The first-order valence-corrected chi connectivity index (χ1v) is 6.61. The molecule has 0 radical (unpaired) electrons. The SMILES string of the molecule is CCc1nn(-c2ccc(OC)cc2)c(OC)c1CC(=O)O. The molecule has 6 heteroatoms. The van der Waals surface area contributed by atoms with E-state index in [-0.39, 0.29) is 6.42 Å². The van der Waals surface area contributed by atoms with Crippen LogP contribution in [0.4, 0.5) is 0 Å². The van der Waals surface area contributed by atoms with Gasteiger partial charge in [-0.3, -0.25) is 4.79 Å². The number of methoxy groups -OCH3 is 2. The highest BCUT2D eigenvalue weighted by Gasteiger charge is 2.20. The molecule has 0 saturated heterocycles. The van der Waals surface area contributed by atoms with Gasteiger partial charge in [-0.15, -0.1) is 0 Å². The van der Waals surface area contributed by atoms with E-state index in [1.807, 2.05) is 31.2 Å². The molecule has 0 spiro atoms. The van der Waals surface area contributed by atoms with Crippen LogP contribution >= 0.6 is 0 Å². The Morgan fingerprint density at radius 1 is 1.24 bits per heavy atom. The molecule has 112 valence electrons. The minimum atomic E-state index is -0.905. The molecule has 1 heterocycles. The second kappa shape index (κ2) is 6.30. The van der Waals surface area contributed by atoms with Gasteiger partial charge in [-0.1, -0.05) is 6.92 Å². The van der Waals surface area contributed by atoms with E-state index in [0.29, 0.717) is 17.9 Å². The van der Waals surface area contributed by atoms with Crippen molar-refractivity contribution in [3.63, 3.8) is 0 Å². The maximum Gasteiger partial charge on any atom is 0.308 e. The van der Waals surface area contributed by atoms with E-state index < -0.39 is 5.97 Å². The number of carboxylic acid groups (broad SMARTS) is 1. The summed E-state index contributed by atoms with van der Waals surface area (Å²) in [5, 5.41) is 13.5. The van der Waals surface area contributed by atoms with E-state index >= 15 is 0 Å². The first-order valence-electron chi connectivity index (χ1n) is 6.61. The number of ether oxygens (including phenoxy) is 2. The Morgan fingerprint density at radius 3 is 2.38 bits per heavy atom. The zero-order valence-corrected chi connectivity index (χ0v) is 12.3. The Morgan fingerprint density at radius 2 is 1.90 bits per heavy atom. The number of hydrogen-bond acceptors (Lipinski definition) is 4. The molecule has 6 nitrogen and oxygen atoms in total. The fraction of sp³-hybridized carbons (Fsp3) is 0.333. The Balaban J connectivity index is 2.51. The molecule has 0 unspecified atom stereocenters. The predicted molar refractivity (Wildman–Crippen MR) is 77.4 cm³/mol. The second-order valence-corrected chi connectivity index (χ2v) is 4.47. The zero-order valence-electron chi connectivity index (χ0n) is 12.3. The molecule has 0 atom stereocenters. The van der Waals surface area contributed by atoms with Crippen LogP contribution in [-0.4, -0.2) is 35.1 Å². The highest BCUT2D eigenvalue weighted by atomic mass is 16.5. The molecule has 2 rings (SSSR count). The van der Waals surface area contributed by atoms with Crippen molar-refractivity contribution in [2.24, 2.45) is 0 Å². The molecule has 0 saturated carbocycles. The van der Waals surface area contributed by atoms with E-state index in [1.165, 1.54) is 7.11 Å². The first kappa shape index (κ1) is 14.9. The van der Waals surface area contributed by atoms with Crippen LogP contribution in [0.5, 0.6) is 11.6 Å². The fourth-order valence-electron chi connectivity index (χ4n) is 2.20. The van der Waals surface area contributed by atoms with Gasteiger partial charge in [0.1, 0.15) is 5.75 Å². The van der Waals surface area contributed by atoms with Crippen LogP contribution in [0.15, 0.2) is 24.3 Å². The minimum absolute atomic E-state index is 0.109. The van der Waals surface area contributed by atoms with E-state index in [1.54, 1.807) is 11.8 Å². The molecule has 0 amide bonds. The van der Waals surface area contributed by atoms with Crippen molar-refractivity contribution in [1.29, 1.82) is 0 Å². The van der Waals surface area contributed by atoms with E-state index in [2.05, 4.69) is 5.10 Å². The molecule has 0 aliphatic carbocycles. The van der Waals surface area contributed by atoms with Crippen molar-refractivity contribution >= 4 is 5.97 Å². The number of nitrogens with zero attached hydrogens (tertiary/aromatic N) is 2. The van der Waals surface area contributed by atoms with Crippen LogP contribution in [0.3, 0.4) is 0 Å². The third-order valence-electron chi connectivity index (χ3n) is 3.19. The molecule has 2 aromatic rings. The van der Waals surface area contributed by atoms with Gasteiger partial charge in [-0.05, 0) is 30.7 Å². The molecule has 21 heavy (non-hydrogen) atoms. The lowest BCUT2D eigenvalue weighted by molar-refractivity contribution is -0.136. The van der Waals surface area contributed by atoms with Crippen molar-refractivity contribution in [3.8, 4) is 17.3 Å². The highest BCUT2D eigenvalue weighted by Crippen LogP contribution is 2.27. The molecule has 0 bridgehead atoms. The van der Waals surface area contributed by atoms with Crippen LogP contribution < -0.4 is 9.47 Å². The number of aryl methyl sites for hydroxylation is 1. The van der Waals surface area contributed by atoms with Crippen LogP contribution in [0.1, 0.15) is 18.2 Å². The van der Waals surface area contributed by atoms with Crippen molar-refractivity contribution in [1.82, 2.24) is 9.78 Å². The largest absolute Gasteiger partial charge is 0.497 e. The molecule has 0 aliphatic rings. The monoisotopic (exact) mass is 290 g/mol. The average molecular weight is 290 g/mol. The molecule has 1 aromatic heterocycles. The first-order chi connectivity index (χ1) is 10.1. The van der Waals surface area contributed by atoms with Crippen LogP contribution in [0, 0.1) is 0 Å². The van der Waals surface area contributed by atoms with Gasteiger partial charge in [0, 0.05) is 5.56 Å². The van der Waals surface area contributed by atoms with Crippen molar-refractivity contribution < 1.29 is 19.4 Å². The van der Waals surface area contributed by atoms with Gasteiger partial charge < -0.3 is 14.6 Å². The summed E-state index contributed by atoms with van der Waals surface area (Å²) in [6, 6.07) is 7.33. The smallest absolute Gasteiger partial charge is 0.308 e. The van der Waals surface area contributed by atoms with Crippen LogP contribution in [0.25, 0.3) is 5.69 Å². The number of aromatic nitrogens is 2. The van der Waals surface area contributed by atoms with Gasteiger partial charge in [0.25, 0.3) is 0 Å². The van der Waals surface area contributed by atoms with Gasteiger partial charge in [0.15, 0.2) is 0 Å². The quantitative estimate of drug-likeness (QED) is 0.881. The predicted octanol–water partition coefficient (Wildman–Crippen LogP) is 2.08. The Labute approximate surface area is 122 Å². The van der Waals surface area contributed by atoms with Gasteiger partial charge in [0.05, 0.1) is 32.0 Å². The van der Waals surface area contributed by atoms with Crippen molar-refractivity contribution in [2.75, 3.05) is 14.2 Å². The lowest BCUT2D eigenvalue weighted by Gasteiger charge is -2.08. The number of carbonyl (C=O) groups is 1. The summed E-state index contributed by atoms with van der Waals surface area (Å²) in [6.45, 7) is 1.94. The summed E-state index contributed by atoms with van der Waals surface area (Å²) in [5.41, 5.74) is 2.13. The standard InChI is InChI=1S/C15H18N2O4/c1-4-13-12(9-14(18)19)15(21-3)17(16-13)10-5-7-11(20-2)8-6-10/h5-8H,4,9H2,1-3H3,(H,18,19). The molecular formula is C15H18N2O4.